The van der Waals surface area contributed by atoms with Crippen molar-refractivity contribution < 1.29 is 4.74 Å². The summed E-state index contributed by atoms with van der Waals surface area (Å²) in [5, 5.41) is 0. The third-order valence-electron chi connectivity index (χ3n) is 5.42. The molecule has 0 atom stereocenters. The van der Waals surface area contributed by atoms with E-state index in [-0.39, 0.29) is 0 Å². The summed E-state index contributed by atoms with van der Waals surface area (Å²) in [7, 11) is 0. The van der Waals surface area contributed by atoms with E-state index in [0.717, 1.165) is 52.1 Å². The first-order valence-electron chi connectivity index (χ1n) is 9.50. The molecule has 1 fully saturated rings. The molecule has 0 N–H and O–H groups in total. The predicted molar refractivity (Wildman–Crippen MR) is 104 cm³/mol. The van der Waals surface area contributed by atoms with Crippen LogP contribution in [0.25, 0.3) is 5.57 Å². The summed E-state index contributed by atoms with van der Waals surface area (Å²) < 4.78 is 5.46. The molecule has 0 spiro atoms. The van der Waals surface area contributed by atoms with Gasteiger partial charge in [0.1, 0.15) is 0 Å². The Kier molecular flexibility index (Phi) is 5.00. The molecule has 130 valence electrons. The van der Waals surface area contributed by atoms with Crippen LogP contribution in [0.15, 0.2) is 48.5 Å². The highest BCUT2D eigenvalue weighted by Crippen LogP contribution is 2.34. The number of aryl methyl sites for hydroxylation is 3. The van der Waals surface area contributed by atoms with Gasteiger partial charge < -0.3 is 4.74 Å². The Balaban J connectivity index is 1.66. The number of ether oxygens (including phenoxy) is 1. The van der Waals surface area contributed by atoms with Crippen LogP contribution in [0.1, 0.15) is 34.2 Å². The fourth-order valence-corrected chi connectivity index (χ4v) is 4.01. The van der Waals surface area contributed by atoms with Crippen LogP contribution >= 0.6 is 0 Å². The van der Waals surface area contributed by atoms with Gasteiger partial charge in [-0.15, -0.1) is 0 Å². The predicted octanol–water partition coefficient (Wildman–Crippen LogP) is 4.25. The van der Waals surface area contributed by atoms with Gasteiger partial charge in [0.15, 0.2) is 0 Å². The number of nitrogens with zero attached hydrogens (tertiary/aromatic N) is 1. The smallest absolute Gasteiger partial charge is 0.0594 e. The fraction of sp³-hybridized carbons (Fsp3) is 0.391. The summed E-state index contributed by atoms with van der Waals surface area (Å²) in [6, 6.07) is 15.9. The van der Waals surface area contributed by atoms with E-state index < -0.39 is 0 Å². The Morgan fingerprint density at radius 1 is 0.960 bits per heavy atom. The number of fused-ring (bicyclic) bond motifs is 2. The van der Waals surface area contributed by atoms with Crippen molar-refractivity contribution in [3.63, 3.8) is 0 Å². The van der Waals surface area contributed by atoms with Crippen LogP contribution in [-0.4, -0.2) is 37.7 Å². The molecule has 0 aromatic heterocycles. The Morgan fingerprint density at radius 3 is 2.56 bits per heavy atom. The van der Waals surface area contributed by atoms with Crippen LogP contribution in [0.2, 0.25) is 0 Å². The Hall–Kier alpha value is -1.90. The molecular weight excluding hydrogens is 306 g/mol. The maximum absolute atomic E-state index is 5.46. The second kappa shape index (κ2) is 7.55. The van der Waals surface area contributed by atoms with Gasteiger partial charge in [0.05, 0.1) is 13.2 Å². The monoisotopic (exact) mass is 333 g/mol. The van der Waals surface area contributed by atoms with Crippen molar-refractivity contribution in [2.24, 2.45) is 0 Å². The van der Waals surface area contributed by atoms with Crippen molar-refractivity contribution in [2.75, 3.05) is 32.8 Å². The third-order valence-corrected chi connectivity index (χ3v) is 5.42. The van der Waals surface area contributed by atoms with Gasteiger partial charge in [0.25, 0.3) is 0 Å². The largest absolute Gasteiger partial charge is 0.379 e. The molecule has 1 saturated heterocycles. The summed E-state index contributed by atoms with van der Waals surface area (Å²) in [6.45, 7) is 7.20. The minimum Gasteiger partial charge on any atom is -0.379 e. The lowest BCUT2D eigenvalue weighted by molar-refractivity contribution is 0.0387. The van der Waals surface area contributed by atoms with E-state index in [4.69, 9.17) is 4.74 Å². The molecular formula is C23H27NO. The zero-order valence-corrected chi connectivity index (χ0v) is 15.1. The van der Waals surface area contributed by atoms with Crippen LogP contribution in [0.3, 0.4) is 0 Å². The topological polar surface area (TPSA) is 12.5 Å². The summed E-state index contributed by atoms with van der Waals surface area (Å²) in [6.07, 6.45) is 5.83. The van der Waals surface area contributed by atoms with E-state index >= 15 is 0 Å². The van der Waals surface area contributed by atoms with Gasteiger partial charge in [0.2, 0.25) is 0 Å². The van der Waals surface area contributed by atoms with E-state index in [1.165, 1.54) is 33.4 Å². The lowest BCUT2D eigenvalue weighted by Crippen LogP contribution is -2.36. The van der Waals surface area contributed by atoms with Crippen molar-refractivity contribution in [1.82, 2.24) is 4.90 Å². The zero-order valence-electron chi connectivity index (χ0n) is 15.1. The van der Waals surface area contributed by atoms with Crippen molar-refractivity contribution in [3.8, 4) is 0 Å². The molecule has 0 bridgehead atoms. The third kappa shape index (κ3) is 3.70. The maximum atomic E-state index is 5.46. The Morgan fingerprint density at radius 2 is 1.72 bits per heavy atom. The van der Waals surface area contributed by atoms with Crippen LogP contribution in [-0.2, 0) is 17.6 Å². The highest BCUT2D eigenvalue weighted by atomic mass is 16.5. The first-order valence-corrected chi connectivity index (χ1v) is 9.50. The Labute approximate surface area is 151 Å². The molecule has 0 unspecified atom stereocenters. The van der Waals surface area contributed by atoms with E-state index in [1.807, 2.05) is 0 Å². The molecule has 0 saturated carbocycles. The van der Waals surface area contributed by atoms with Gasteiger partial charge in [-0.1, -0.05) is 54.1 Å². The second-order valence-corrected chi connectivity index (χ2v) is 7.18. The fourth-order valence-electron chi connectivity index (χ4n) is 4.01. The van der Waals surface area contributed by atoms with Crippen molar-refractivity contribution in [2.45, 2.75) is 26.2 Å². The number of benzene rings is 2. The van der Waals surface area contributed by atoms with Gasteiger partial charge in [-0.3, -0.25) is 4.90 Å². The molecule has 25 heavy (non-hydrogen) atoms. The molecule has 0 radical (unpaired) electrons. The number of hydrogen-bond donors (Lipinski definition) is 0. The zero-order chi connectivity index (χ0) is 17.1. The molecule has 0 amide bonds. The summed E-state index contributed by atoms with van der Waals surface area (Å²) in [4.78, 5) is 2.51. The molecule has 1 aliphatic carbocycles. The van der Waals surface area contributed by atoms with Crippen LogP contribution in [0.4, 0.5) is 0 Å². The number of hydrogen-bond acceptors (Lipinski definition) is 2. The molecule has 1 heterocycles. The van der Waals surface area contributed by atoms with E-state index in [9.17, 15) is 0 Å². The van der Waals surface area contributed by atoms with E-state index in [1.54, 1.807) is 0 Å². The maximum Gasteiger partial charge on any atom is 0.0594 e. The first-order chi connectivity index (χ1) is 12.3. The lowest BCUT2D eigenvalue weighted by atomic mass is 9.92. The van der Waals surface area contributed by atoms with Crippen LogP contribution < -0.4 is 0 Å². The van der Waals surface area contributed by atoms with Gasteiger partial charge in [-0.2, -0.15) is 0 Å². The molecule has 2 nitrogen and oxygen atoms in total. The van der Waals surface area contributed by atoms with E-state index in [2.05, 4.69) is 60.4 Å². The first kappa shape index (κ1) is 16.6. The van der Waals surface area contributed by atoms with Crippen LogP contribution in [0, 0.1) is 6.92 Å². The Bertz CT molecular complexity index is 771. The molecule has 2 aliphatic rings. The van der Waals surface area contributed by atoms with Gasteiger partial charge in [0, 0.05) is 19.6 Å². The lowest BCUT2D eigenvalue weighted by Gasteiger charge is -2.26. The SMILES string of the molecule is Cc1ccc2c(c1)C(=CCCN1CCOCC1)c1ccccc1CC2. The van der Waals surface area contributed by atoms with Crippen molar-refractivity contribution in [1.29, 1.82) is 0 Å². The average molecular weight is 333 g/mol. The molecule has 2 aromatic rings. The molecule has 2 aromatic carbocycles. The molecule has 1 aliphatic heterocycles. The standard InChI is InChI=1S/C23H27NO/c1-18-8-9-20-11-10-19-5-2-3-6-21(19)22(23(20)17-18)7-4-12-24-13-15-25-16-14-24/h2-3,5-9,17H,4,10-16H2,1H3. The van der Waals surface area contributed by atoms with E-state index in [0.29, 0.717) is 0 Å². The summed E-state index contributed by atoms with van der Waals surface area (Å²) >= 11 is 0. The highest BCUT2D eigenvalue weighted by Gasteiger charge is 2.18. The molecule has 4 rings (SSSR count). The van der Waals surface area contributed by atoms with Gasteiger partial charge in [-0.05, 0) is 54.0 Å². The second-order valence-electron chi connectivity index (χ2n) is 7.18. The van der Waals surface area contributed by atoms with Gasteiger partial charge >= 0.3 is 0 Å². The summed E-state index contributed by atoms with van der Waals surface area (Å²) in [5.74, 6) is 0. The van der Waals surface area contributed by atoms with Crippen molar-refractivity contribution >= 4 is 5.57 Å². The minimum absolute atomic E-state index is 0.876. The van der Waals surface area contributed by atoms with Crippen LogP contribution in [0.5, 0.6) is 0 Å². The van der Waals surface area contributed by atoms with Gasteiger partial charge in [-0.25, -0.2) is 0 Å². The highest BCUT2D eigenvalue weighted by molar-refractivity contribution is 5.84. The summed E-state index contributed by atoms with van der Waals surface area (Å²) in [5.41, 5.74) is 8.60. The minimum atomic E-state index is 0.876. The average Bonchev–Trinajstić information content (AvgIpc) is 2.80. The number of morpholine rings is 1. The normalized spacial score (nSPS) is 19.3. The molecule has 2 heteroatoms. The quantitative estimate of drug-likeness (QED) is 0.833. The van der Waals surface area contributed by atoms with Crippen molar-refractivity contribution in [3.05, 3.63) is 76.4 Å². The number of rotatable bonds is 3.